The molecule has 2 fully saturated rings. The van der Waals surface area contributed by atoms with Gasteiger partial charge in [0.15, 0.2) is 10.6 Å². The van der Waals surface area contributed by atoms with E-state index >= 15 is 0 Å². The van der Waals surface area contributed by atoms with E-state index in [0.29, 0.717) is 18.0 Å². The molecule has 0 spiro atoms. The summed E-state index contributed by atoms with van der Waals surface area (Å²) >= 11 is 5.91. The summed E-state index contributed by atoms with van der Waals surface area (Å²) in [5.74, 6) is 0.482. The molecule has 0 aliphatic carbocycles. The fourth-order valence-corrected chi connectivity index (χ4v) is 5.04. The monoisotopic (exact) mass is 482 g/mol. The first-order chi connectivity index (χ1) is 16.7. The number of hydrogen-bond donors (Lipinski definition) is 0. The fourth-order valence-electron chi connectivity index (χ4n) is 4.78. The van der Waals surface area contributed by atoms with Crippen LogP contribution in [-0.2, 0) is 29.2 Å². The number of halogens is 1. The average Bonchev–Trinajstić information content (AvgIpc) is 3.60. The summed E-state index contributed by atoms with van der Waals surface area (Å²) in [6.45, 7) is 4.42. The number of nitrogens with zero attached hydrogens (tertiary/aromatic N) is 4. The van der Waals surface area contributed by atoms with Gasteiger partial charge in [-0.25, -0.2) is 9.07 Å². The van der Waals surface area contributed by atoms with Gasteiger partial charge in [-0.05, 0) is 67.7 Å². The maximum Gasteiger partial charge on any atom is 0.199 e. The molecule has 5 rings (SSSR count). The van der Waals surface area contributed by atoms with E-state index in [4.69, 9.17) is 26.8 Å². The number of hydrogen-bond acceptors (Lipinski definition) is 5. The zero-order chi connectivity index (χ0) is 23.3. The van der Waals surface area contributed by atoms with E-state index in [1.54, 1.807) is 12.1 Å². The van der Waals surface area contributed by atoms with Crippen molar-refractivity contribution < 1.29 is 13.9 Å². The third-order valence-corrected chi connectivity index (χ3v) is 6.94. The third-order valence-electron chi connectivity index (χ3n) is 6.50. The van der Waals surface area contributed by atoms with E-state index < -0.39 is 0 Å². The second-order valence-electron chi connectivity index (χ2n) is 9.13. The Morgan fingerprint density at radius 2 is 1.68 bits per heavy atom. The molecule has 8 heteroatoms. The van der Waals surface area contributed by atoms with Crippen molar-refractivity contribution in [2.24, 2.45) is 0 Å². The van der Waals surface area contributed by atoms with Crippen LogP contribution in [-0.4, -0.2) is 51.2 Å². The van der Waals surface area contributed by atoms with Gasteiger partial charge in [0.1, 0.15) is 5.82 Å². The van der Waals surface area contributed by atoms with Crippen LogP contribution in [0, 0.1) is 10.6 Å². The minimum absolute atomic E-state index is 0.121. The predicted molar refractivity (Wildman–Crippen MR) is 131 cm³/mol. The lowest BCUT2D eigenvalue weighted by Crippen LogP contribution is -2.34. The minimum Gasteiger partial charge on any atom is -0.377 e. The largest absolute Gasteiger partial charge is 0.377 e. The van der Waals surface area contributed by atoms with Crippen molar-refractivity contribution in [2.45, 2.75) is 57.6 Å². The zero-order valence-electron chi connectivity index (χ0n) is 19.3. The highest BCUT2D eigenvalue weighted by molar-refractivity contribution is 7.71. The van der Waals surface area contributed by atoms with Crippen molar-refractivity contribution in [2.75, 3.05) is 19.8 Å². The summed E-state index contributed by atoms with van der Waals surface area (Å²) in [5, 5.41) is 4.92. The summed E-state index contributed by atoms with van der Waals surface area (Å²) in [6, 6.07) is 16.9. The van der Waals surface area contributed by atoms with Crippen LogP contribution in [0.15, 0.2) is 54.6 Å². The molecule has 34 heavy (non-hydrogen) atoms. The molecule has 0 saturated carbocycles. The summed E-state index contributed by atoms with van der Waals surface area (Å²) in [5.41, 5.74) is 2.09. The van der Waals surface area contributed by atoms with Crippen LogP contribution in [0.2, 0.25) is 0 Å². The summed E-state index contributed by atoms with van der Waals surface area (Å²) in [6.07, 6.45) is 4.59. The first-order valence-corrected chi connectivity index (χ1v) is 12.5. The fraction of sp³-hybridized carbons (Fsp3) is 0.462. The topological polar surface area (TPSA) is 44.5 Å². The van der Waals surface area contributed by atoms with E-state index in [0.717, 1.165) is 63.4 Å². The second kappa shape index (κ2) is 10.9. The van der Waals surface area contributed by atoms with Gasteiger partial charge in [-0.2, -0.15) is 5.10 Å². The minimum atomic E-state index is -0.266. The number of benzene rings is 2. The van der Waals surface area contributed by atoms with E-state index in [1.165, 1.54) is 17.7 Å². The van der Waals surface area contributed by atoms with Crippen molar-refractivity contribution in [1.29, 1.82) is 0 Å². The van der Waals surface area contributed by atoms with Crippen molar-refractivity contribution in [3.05, 3.63) is 70.7 Å². The summed E-state index contributed by atoms with van der Waals surface area (Å²) in [7, 11) is 0. The Labute approximate surface area is 204 Å². The molecule has 180 valence electrons. The molecule has 0 N–H and O–H groups in total. The van der Waals surface area contributed by atoms with Gasteiger partial charge < -0.3 is 9.47 Å². The molecular weight excluding hydrogens is 451 g/mol. The number of aromatic nitrogens is 3. The van der Waals surface area contributed by atoms with Crippen LogP contribution >= 0.6 is 12.2 Å². The number of ether oxygens (including phenoxy) is 2. The zero-order valence-corrected chi connectivity index (χ0v) is 20.1. The molecule has 6 nitrogen and oxygen atoms in total. The van der Waals surface area contributed by atoms with Crippen LogP contribution < -0.4 is 0 Å². The molecule has 2 aliphatic heterocycles. The van der Waals surface area contributed by atoms with Gasteiger partial charge in [0, 0.05) is 31.9 Å². The van der Waals surface area contributed by atoms with Crippen LogP contribution in [0.1, 0.15) is 31.2 Å². The van der Waals surface area contributed by atoms with Crippen LogP contribution in [0.25, 0.3) is 11.4 Å². The molecule has 2 aliphatic rings. The van der Waals surface area contributed by atoms with Crippen LogP contribution in [0.3, 0.4) is 0 Å². The Hall–Kier alpha value is -2.39. The second-order valence-corrected chi connectivity index (χ2v) is 9.50. The van der Waals surface area contributed by atoms with Gasteiger partial charge in [0.05, 0.1) is 25.4 Å². The Bertz CT molecular complexity index is 1120. The van der Waals surface area contributed by atoms with Gasteiger partial charge in [-0.1, -0.05) is 30.3 Å². The van der Waals surface area contributed by atoms with Gasteiger partial charge in [0.2, 0.25) is 0 Å². The Balaban J connectivity index is 1.44. The Morgan fingerprint density at radius 1 is 0.971 bits per heavy atom. The van der Waals surface area contributed by atoms with Crippen molar-refractivity contribution >= 4 is 12.2 Å². The van der Waals surface area contributed by atoms with E-state index in [-0.39, 0.29) is 18.0 Å². The van der Waals surface area contributed by atoms with Gasteiger partial charge in [-0.3, -0.25) is 9.47 Å². The Morgan fingerprint density at radius 3 is 2.35 bits per heavy atom. The highest BCUT2D eigenvalue weighted by Gasteiger charge is 2.23. The van der Waals surface area contributed by atoms with Gasteiger partial charge in [-0.15, -0.1) is 0 Å². The maximum atomic E-state index is 13.6. The van der Waals surface area contributed by atoms with E-state index in [1.807, 2.05) is 15.3 Å². The predicted octanol–water partition coefficient (Wildman–Crippen LogP) is 5.04. The van der Waals surface area contributed by atoms with Gasteiger partial charge >= 0.3 is 0 Å². The van der Waals surface area contributed by atoms with Crippen molar-refractivity contribution in [3.8, 4) is 11.4 Å². The number of rotatable bonds is 9. The van der Waals surface area contributed by atoms with E-state index in [9.17, 15) is 4.39 Å². The normalized spacial score (nSPS) is 20.4. The molecule has 0 unspecified atom stereocenters. The molecule has 3 heterocycles. The highest BCUT2D eigenvalue weighted by Crippen LogP contribution is 2.23. The SMILES string of the molecule is Fc1ccc(-c2nn(CN(Cc3ccccc3)C[C@@H]3CCCO3)c(=S)n2C[C@H]2CCCO2)cc1. The lowest BCUT2D eigenvalue weighted by atomic mass is 10.2. The van der Waals surface area contributed by atoms with Gasteiger partial charge in [0.25, 0.3) is 0 Å². The molecule has 0 bridgehead atoms. The molecule has 0 radical (unpaired) electrons. The standard InChI is InChI=1S/C26H31FN4O2S/c27-22-12-10-21(11-13-22)25-28-31(26(34)30(25)18-24-9-5-15-33-24)19-29(17-23-8-4-14-32-23)16-20-6-2-1-3-7-20/h1-3,6-7,10-13,23-24H,4-5,8-9,14-19H2/t23-,24+/m0/s1. The van der Waals surface area contributed by atoms with E-state index in [2.05, 4.69) is 29.2 Å². The summed E-state index contributed by atoms with van der Waals surface area (Å²) < 4.78 is 30.0. The molecule has 0 amide bonds. The molecule has 2 aromatic carbocycles. The first kappa shape index (κ1) is 23.4. The van der Waals surface area contributed by atoms with Crippen molar-refractivity contribution in [3.63, 3.8) is 0 Å². The van der Waals surface area contributed by atoms with Crippen LogP contribution in [0.4, 0.5) is 4.39 Å². The molecular formula is C26H31FN4O2S. The lowest BCUT2D eigenvalue weighted by molar-refractivity contribution is 0.0565. The smallest absolute Gasteiger partial charge is 0.199 e. The Kier molecular flexibility index (Phi) is 7.49. The third kappa shape index (κ3) is 5.63. The summed E-state index contributed by atoms with van der Waals surface area (Å²) in [4.78, 5) is 2.35. The quantitative estimate of drug-likeness (QED) is 0.400. The maximum absolute atomic E-state index is 13.6. The van der Waals surface area contributed by atoms with Crippen LogP contribution in [0.5, 0.6) is 0 Å². The lowest BCUT2D eigenvalue weighted by Gasteiger charge is -2.25. The first-order valence-electron chi connectivity index (χ1n) is 12.1. The highest BCUT2D eigenvalue weighted by atomic mass is 32.1. The van der Waals surface area contributed by atoms with Crippen molar-refractivity contribution in [1.82, 2.24) is 19.2 Å². The molecule has 2 saturated heterocycles. The molecule has 1 aromatic heterocycles. The average molecular weight is 483 g/mol. The molecule has 2 atom stereocenters. The molecule has 3 aromatic rings.